The second kappa shape index (κ2) is 10.3. The summed E-state index contributed by atoms with van der Waals surface area (Å²) < 4.78 is 16.3. The molecule has 1 unspecified atom stereocenters. The highest BCUT2D eigenvalue weighted by molar-refractivity contribution is 7.21. The normalized spacial score (nSPS) is 11.5. The van der Waals surface area contributed by atoms with Crippen molar-refractivity contribution in [3.05, 3.63) is 52.4 Å². The van der Waals surface area contributed by atoms with Crippen LogP contribution in [0.15, 0.2) is 42.5 Å². The van der Waals surface area contributed by atoms with Crippen LogP contribution < -0.4 is 20.1 Å². The first kappa shape index (κ1) is 23.4. The number of halogens is 1. The Labute approximate surface area is 193 Å². The van der Waals surface area contributed by atoms with Crippen molar-refractivity contribution in [2.24, 2.45) is 0 Å². The Morgan fingerprint density at radius 3 is 2.47 bits per heavy atom. The molecule has 2 amide bonds. The van der Waals surface area contributed by atoms with E-state index in [0.717, 1.165) is 10.1 Å². The number of benzene rings is 2. The minimum absolute atomic E-state index is 0.305. The highest BCUT2D eigenvalue weighted by Crippen LogP contribution is 2.35. The highest BCUT2D eigenvalue weighted by atomic mass is 35.5. The summed E-state index contributed by atoms with van der Waals surface area (Å²) in [7, 11) is 2.99. The zero-order valence-electron chi connectivity index (χ0n) is 17.6. The Hall–Kier alpha value is -3.30. The van der Waals surface area contributed by atoms with Crippen LogP contribution in [0, 0.1) is 0 Å². The van der Waals surface area contributed by atoms with Gasteiger partial charge in [0, 0.05) is 21.8 Å². The third-order valence-electron chi connectivity index (χ3n) is 4.46. The SMILES string of the molecule is COc1ccc(NC(=O)C(C)OC(=O)CNC(=O)c2sc3ccccc3c2Cl)cc1OC. The molecule has 3 aromatic rings. The lowest BCUT2D eigenvalue weighted by Crippen LogP contribution is -2.35. The van der Waals surface area contributed by atoms with Crippen LogP contribution in [0.2, 0.25) is 5.02 Å². The number of amides is 2. The molecular formula is C22H21ClN2O6S. The van der Waals surface area contributed by atoms with Gasteiger partial charge in [-0.1, -0.05) is 29.8 Å². The van der Waals surface area contributed by atoms with E-state index in [1.165, 1.54) is 32.5 Å². The molecule has 2 N–H and O–H groups in total. The van der Waals surface area contributed by atoms with Crippen LogP contribution in [0.4, 0.5) is 5.69 Å². The van der Waals surface area contributed by atoms with Gasteiger partial charge in [-0.25, -0.2) is 0 Å². The molecule has 0 spiro atoms. The van der Waals surface area contributed by atoms with Crippen LogP contribution in [0.25, 0.3) is 10.1 Å². The molecule has 0 saturated heterocycles. The molecule has 0 saturated carbocycles. The number of carbonyl (C=O) groups excluding carboxylic acids is 3. The molecule has 0 aliphatic rings. The minimum atomic E-state index is -1.08. The quantitative estimate of drug-likeness (QED) is 0.478. The molecule has 0 aliphatic carbocycles. The van der Waals surface area contributed by atoms with Crippen molar-refractivity contribution in [3.8, 4) is 11.5 Å². The molecule has 1 atom stereocenters. The maximum Gasteiger partial charge on any atom is 0.326 e. The van der Waals surface area contributed by atoms with Gasteiger partial charge in [-0.3, -0.25) is 14.4 Å². The van der Waals surface area contributed by atoms with Crippen molar-refractivity contribution < 1.29 is 28.6 Å². The summed E-state index contributed by atoms with van der Waals surface area (Å²) >= 11 is 7.50. The van der Waals surface area contributed by atoms with Crippen molar-refractivity contribution >= 4 is 56.5 Å². The molecule has 0 radical (unpaired) electrons. The van der Waals surface area contributed by atoms with Gasteiger partial charge in [-0.05, 0) is 25.1 Å². The van der Waals surface area contributed by atoms with Crippen LogP contribution in [0.1, 0.15) is 16.6 Å². The predicted octanol–water partition coefficient (Wildman–Crippen LogP) is 3.87. The van der Waals surface area contributed by atoms with E-state index in [-0.39, 0.29) is 0 Å². The van der Waals surface area contributed by atoms with E-state index in [4.69, 9.17) is 25.8 Å². The summed E-state index contributed by atoms with van der Waals surface area (Å²) in [6, 6.07) is 12.2. The zero-order chi connectivity index (χ0) is 23.3. The van der Waals surface area contributed by atoms with E-state index in [9.17, 15) is 14.4 Å². The molecule has 32 heavy (non-hydrogen) atoms. The third-order valence-corrected chi connectivity index (χ3v) is 6.14. The average molecular weight is 477 g/mol. The Morgan fingerprint density at radius 1 is 1.06 bits per heavy atom. The Balaban J connectivity index is 1.53. The van der Waals surface area contributed by atoms with Crippen molar-refractivity contribution in [3.63, 3.8) is 0 Å². The average Bonchev–Trinajstić information content (AvgIpc) is 3.14. The number of hydrogen-bond donors (Lipinski definition) is 2. The van der Waals surface area contributed by atoms with Gasteiger partial charge in [0.15, 0.2) is 17.6 Å². The number of carbonyl (C=O) groups is 3. The molecule has 168 valence electrons. The molecular weight excluding hydrogens is 456 g/mol. The summed E-state index contributed by atoms with van der Waals surface area (Å²) in [5.74, 6) is -0.831. The van der Waals surface area contributed by atoms with Crippen LogP contribution in [-0.2, 0) is 14.3 Å². The zero-order valence-corrected chi connectivity index (χ0v) is 19.1. The van der Waals surface area contributed by atoms with E-state index in [2.05, 4.69) is 10.6 Å². The number of hydrogen-bond acceptors (Lipinski definition) is 7. The first-order chi connectivity index (χ1) is 15.3. The van der Waals surface area contributed by atoms with Gasteiger partial charge in [0.1, 0.15) is 11.4 Å². The summed E-state index contributed by atoms with van der Waals surface area (Å²) in [6.45, 7) is 1.02. The fraction of sp³-hybridized carbons (Fsp3) is 0.227. The van der Waals surface area contributed by atoms with Crippen molar-refractivity contribution in [1.29, 1.82) is 0 Å². The first-order valence-electron chi connectivity index (χ1n) is 9.51. The van der Waals surface area contributed by atoms with Crippen molar-refractivity contribution in [1.82, 2.24) is 5.32 Å². The van der Waals surface area contributed by atoms with Gasteiger partial charge in [0.25, 0.3) is 11.8 Å². The molecule has 10 heteroatoms. The van der Waals surface area contributed by atoms with Crippen LogP contribution in [-0.4, -0.2) is 44.7 Å². The van der Waals surface area contributed by atoms with Gasteiger partial charge < -0.3 is 24.8 Å². The van der Waals surface area contributed by atoms with E-state index < -0.39 is 30.4 Å². The third kappa shape index (κ3) is 5.30. The maximum atomic E-state index is 12.4. The van der Waals surface area contributed by atoms with Crippen molar-refractivity contribution in [2.45, 2.75) is 13.0 Å². The molecule has 3 rings (SSSR count). The Bertz CT molecular complexity index is 1160. The van der Waals surface area contributed by atoms with Crippen molar-refractivity contribution in [2.75, 3.05) is 26.1 Å². The number of methoxy groups -OCH3 is 2. The summed E-state index contributed by atoms with van der Waals surface area (Å²) in [5, 5.41) is 6.21. The molecule has 0 aliphatic heterocycles. The van der Waals surface area contributed by atoms with E-state index in [0.29, 0.717) is 27.1 Å². The number of fused-ring (bicyclic) bond motifs is 1. The van der Waals surface area contributed by atoms with Gasteiger partial charge >= 0.3 is 5.97 Å². The van der Waals surface area contributed by atoms with Gasteiger partial charge in [0.2, 0.25) is 0 Å². The fourth-order valence-corrected chi connectivity index (χ4v) is 4.28. The monoisotopic (exact) mass is 476 g/mol. The van der Waals surface area contributed by atoms with E-state index in [1.54, 1.807) is 18.2 Å². The van der Waals surface area contributed by atoms with Gasteiger partial charge in [-0.2, -0.15) is 0 Å². The van der Waals surface area contributed by atoms with Gasteiger partial charge in [-0.15, -0.1) is 11.3 Å². The van der Waals surface area contributed by atoms with Crippen LogP contribution in [0.5, 0.6) is 11.5 Å². The number of ether oxygens (including phenoxy) is 3. The summed E-state index contributed by atoms with van der Waals surface area (Å²) in [6.07, 6.45) is -1.08. The number of rotatable bonds is 8. The minimum Gasteiger partial charge on any atom is -0.493 e. The first-order valence-corrected chi connectivity index (χ1v) is 10.7. The second-order valence-electron chi connectivity index (χ2n) is 6.62. The molecule has 1 heterocycles. The molecule has 0 bridgehead atoms. The lowest BCUT2D eigenvalue weighted by Gasteiger charge is -2.15. The number of thiophene rings is 1. The Morgan fingerprint density at radius 2 is 1.78 bits per heavy atom. The lowest BCUT2D eigenvalue weighted by atomic mass is 10.2. The summed E-state index contributed by atoms with van der Waals surface area (Å²) in [4.78, 5) is 37.2. The number of anilines is 1. The van der Waals surface area contributed by atoms with Gasteiger partial charge in [0.05, 0.1) is 19.2 Å². The standard InChI is InChI=1S/C22H21ClN2O6S/c1-12(21(27)25-13-8-9-15(29-2)16(10-13)30-3)31-18(26)11-24-22(28)20-19(23)14-6-4-5-7-17(14)32-20/h4-10,12H,11H2,1-3H3,(H,24,28)(H,25,27). The second-order valence-corrected chi connectivity index (χ2v) is 8.05. The lowest BCUT2D eigenvalue weighted by molar-refractivity contribution is -0.152. The van der Waals surface area contributed by atoms with Crippen LogP contribution >= 0.6 is 22.9 Å². The number of esters is 1. The highest BCUT2D eigenvalue weighted by Gasteiger charge is 2.21. The topological polar surface area (TPSA) is 103 Å². The van der Waals surface area contributed by atoms with Crippen LogP contribution in [0.3, 0.4) is 0 Å². The smallest absolute Gasteiger partial charge is 0.326 e. The maximum absolute atomic E-state index is 12.4. The fourth-order valence-electron chi connectivity index (χ4n) is 2.84. The van der Waals surface area contributed by atoms with E-state index in [1.807, 2.05) is 24.3 Å². The molecule has 2 aromatic carbocycles. The molecule has 1 aromatic heterocycles. The van der Waals surface area contributed by atoms with E-state index >= 15 is 0 Å². The largest absolute Gasteiger partial charge is 0.493 e. The predicted molar refractivity (Wildman–Crippen MR) is 123 cm³/mol. The molecule has 8 nitrogen and oxygen atoms in total. The number of nitrogens with one attached hydrogen (secondary N) is 2. The Kier molecular flexibility index (Phi) is 7.55. The molecule has 0 fully saturated rings. The summed E-state index contributed by atoms with van der Waals surface area (Å²) in [5.41, 5.74) is 0.447.